The number of ether oxygens (including phenoxy) is 1. The SMILES string of the molecule is C=C1CCC[C@]2(C)C[C@H]3OC(=O)[C@H](C[NH2+]CCc4ccccc4)[C@H]3C[C@@H]12. The molecule has 1 aliphatic heterocycles. The van der Waals surface area contributed by atoms with Gasteiger partial charge in [0.1, 0.15) is 12.0 Å². The van der Waals surface area contributed by atoms with Crippen molar-refractivity contribution in [3.63, 3.8) is 0 Å². The van der Waals surface area contributed by atoms with Crippen molar-refractivity contribution in [1.29, 1.82) is 0 Å². The zero-order valence-corrected chi connectivity index (χ0v) is 16.0. The van der Waals surface area contributed by atoms with E-state index in [1.165, 1.54) is 30.4 Å². The molecule has 3 aliphatic rings. The van der Waals surface area contributed by atoms with Crippen molar-refractivity contribution in [2.45, 2.75) is 51.6 Å². The maximum atomic E-state index is 12.5. The van der Waals surface area contributed by atoms with Crippen LogP contribution in [0.1, 0.15) is 44.6 Å². The van der Waals surface area contributed by atoms with E-state index in [2.05, 4.69) is 49.2 Å². The lowest BCUT2D eigenvalue weighted by atomic mass is 9.55. The van der Waals surface area contributed by atoms with E-state index < -0.39 is 0 Å². The molecule has 2 N–H and O–H groups in total. The van der Waals surface area contributed by atoms with Gasteiger partial charge in [0.15, 0.2) is 0 Å². The fourth-order valence-electron chi connectivity index (χ4n) is 5.74. The second kappa shape index (κ2) is 7.19. The van der Waals surface area contributed by atoms with E-state index in [-0.39, 0.29) is 18.0 Å². The fourth-order valence-corrected chi connectivity index (χ4v) is 5.74. The molecule has 26 heavy (non-hydrogen) atoms. The van der Waals surface area contributed by atoms with Gasteiger partial charge in [-0.05, 0) is 49.0 Å². The fraction of sp³-hybridized carbons (Fsp3) is 0.609. The van der Waals surface area contributed by atoms with Crippen LogP contribution >= 0.6 is 0 Å². The van der Waals surface area contributed by atoms with Crippen LogP contribution in [0.5, 0.6) is 0 Å². The van der Waals surface area contributed by atoms with Gasteiger partial charge < -0.3 is 10.1 Å². The Hall–Kier alpha value is -1.61. The van der Waals surface area contributed by atoms with E-state index >= 15 is 0 Å². The maximum absolute atomic E-state index is 12.5. The number of benzene rings is 1. The molecule has 1 saturated heterocycles. The Balaban J connectivity index is 1.36. The van der Waals surface area contributed by atoms with Crippen molar-refractivity contribution in [3.8, 4) is 0 Å². The first-order valence-corrected chi connectivity index (χ1v) is 10.3. The number of hydrogen-bond donors (Lipinski definition) is 1. The second-order valence-electron chi connectivity index (χ2n) is 8.95. The Bertz CT molecular complexity index is 670. The summed E-state index contributed by atoms with van der Waals surface area (Å²) in [7, 11) is 0. The number of carbonyl (C=O) groups excluding carboxylic acids is 1. The van der Waals surface area contributed by atoms with Crippen molar-refractivity contribution >= 4 is 5.97 Å². The summed E-state index contributed by atoms with van der Waals surface area (Å²) in [6, 6.07) is 10.6. The van der Waals surface area contributed by atoms with Gasteiger partial charge in [0.2, 0.25) is 0 Å². The van der Waals surface area contributed by atoms with Crippen molar-refractivity contribution < 1.29 is 14.8 Å². The monoisotopic (exact) mass is 354 g/mol. The lowest BCUT2D eigenvalue weighted by molar-refractivity contribution is -0.658. The summed E-state index contributed by atoms with van der Waals surface area (Å²) in [6.45, 7) is 8.66. The van der Waals surface area contributed by atoms with Crippen molar-refractivity contribution in [1.82, 2.24) is 0 Å². The number of fused-ring (bicyclic) bond motifs is 2. The standard InChI is InChI=1S/C23H31NO2/c1-16-7-6-11-23(2)14-21-18(13-20(16)23)19(22(25)26-21)15-24-12-10-17-8-4-3-5-9-17/h3-5,8-9,18-21,24H,1,6-7,10-15H2,2H3/p+1/t18-,19-,20+,21-,23-/m1/s1. The normalized spacial score (nSPS) is 36.3. The molecule has 4 rings (SSSR count). The van der Waals surface area contributed by atoms with Crippen LogP contribution in [0.4, 0.5) is 0 Å². The molecule has 0 spiro atoms. The number of hydrogen-bond acceptors (Lipinski definition) is 2. The number of esters is 1. The van der Waals surface area contributed by atoms with Crippen LogP contribution < -0.4 is 5.32 Å². The number of quaternary nitrogens is 1. The molecule has 5 atom stereocenters. The molecule has 0 bridgehead atoms. The van der Waals surface area contributed by atoms with Gasteiger partial charge in [0, 0.05) is 12.3 Å². The van der Waals surface area contributed by atoms with Crippen molar-refractivity contribution in [2.75, 3.05) is 13.1 Å². The minimum atomic E-state index is 0.0452. The van der Waals surface area contributed by atoms with Crippen LogP contribution in [-0.2, 0) is 16.0 Å². The molecular formula is C23H32NO2+. The van der Waals surface area contributed by atoms with Crippen LogP contribution in [0.15, 0.2) is 42.5 Å². The predicted molar refractivity (Wildman–Crippen MR) is 102 cm³/mol. The van der Waals surface area contributed by atoms with Gasteiger partial charge in [0.25, 0.3) is 0 Å². The molecule has 0 radical (unpaired) electrons. The maximum Gasteiger partial charge on any atom is 0.315 e. The van der Waals surface area contributed by atoms with E-state index in [9.17, 15) is 4.79 Å². The Morgan fingerprint density at radius 3 is 2.92 bits per heavy atom. The van der Waals surface area contributed by atoms with E-state index in [0.29, 0.717) is 17.3 Å². The molecule has 2 saturated carbocycles. The van der Waals surface area contributed by atoms with Gasteiger partial charge in [0.05, 0.1) is 13.1 Å². The van der Waals surface area contributed by atoms with Crippen LogP contribution in [0, 0.1) is 23.2 Å². The number of carbonyl (C=O) groups is 1. The third kappa shape index (κ3) is 3.34. The highest BCUT2D eigenvalue weighted by molar-refractivity contribution is 5.75. The first-order valence-electron chi connectivity index (χ1n) is 10.3. The van der Waals surface area contributed by atoms with E-state index in [0.717, 1.165) is 32.4 Å². The zero-order chi connectivity index (χ0) is 18.1. The summed E-state index contributed by atoms with van der Waals surface area (Å²) in [4.78, 5) is 12.5. The van der Waals surface area contributed by atoms with E-state index in [1.54, 1.807) is 0 Å². The molecule has 0 unspecified atom stereocenters. The Labute approximate surface area is 157 Å². The lowest BCUT2D eigenvalue weighted by Crippen LogP contribution is -2.86. The van der Waals surface area contributed by atoms with Crippen LogP contribution in [0.25, 0.3) is 0 Å². The van der Waals surface area contributed by atoms with Gasteiger partial charge in [-0.15, -0.1) is 0 Å². The largest absolute Gasteiger partial charge is 0.462 e. The van der Waals surface area contributed by atoms with Gasteiger partial charge in [-0.25, -0.2) is 0 Å². The third-order valence-corrected chi connectivity index (χ3v) is 7.22. The molecule has 3 fully saturated rings. The van der Waals surface area contributed by atoms with Gasteiger partial charge in [-0.3, -0.25) is 4.79 Å². The topological polar surface area (TPSA) is 42.9 Å². The summed E-state index contributed by atoms with van der Waals surface area (Å²) in [6.07, 6.45) is 6.99. The highest BCUT2D eigenvalue weighted by Gasteiger charge is 2.55. The molecule has 1 heterocycles. The lowest BCUT2D eigenvalue weighted by Gasteiger charge is -2.49. The van der Waals surface area contributed by atoms with Crippen molar-refractivity contribution in [3.05, 3.63) is 48.0 Å². The Morgan fingerprint density at radius 2 is 2.12 bits per heavy atom. The van der Waals surface area contributed by atoms with Gasteiger partial charge >= 0.3 is 5.97 Å². The highest BCUT2D eigenvalue weighted by Crippen LogP contribution is 2.56. The molecule has 0 aromatic heterocycles. The summed E-state index contributed by atoms with van der Waals surface area (Å²) in [5.74, 6) is 1.08. The van der Waals surface area contributed by atoms with E-state index in [4.69, 9.17) is 4.74 Å². The average Bonchev–Trinajstić information content (AvgIpc) is 2.92. The molecule has 140 valence electrons. The molecule has 1 aromatic rings. The second-order valence-corrected chi connectivity index (χ2v) is 8.95. The summed E-state index contributed by atoms with van der Waals surface area (Å²) < 4.78 is 5.85. The van der Waals surface area contributed by atoms with Gasteiger partial charge in [-0.2, -0.15) is 0 Å². The third-order valence-electron chi connectivity index (χ3n) is 7.22. The minimum Gasteiger partial charge on any atom is -0.462 e. The number of allylic oxidation sites excluding steroid dienone is 1. The van der Waals surface area contributed by atoms with Gasteiger partial charge in [-0.1, -0.05) is 49.4 Å². The first-order chi connectivity index (χ1) is 12.6. The highest BCUT2D eigenvalue weighted by atomic mass is 16.6. The molecule has 3 heteroatoms. The number of rotatable bonds is 5. The molecule has 2 aliphatic carbocycles. The Kier molecular flexibility index (Phi) is 4.92. The quantitative estimate of drug-likeness (QED) is 0.502. The zero-order valence-electron chi connectivity index (χ0n) is 16.0. The molecule has 1 aromatic carbocycles. The first kappa shape index (κ1) is 17.8. The van der Waals surface area contributed by atoms with Crippen LogP contribution in [0.2, 0.25) is 0 Å². The van der Waals surface area contributed by atoms with Crippen molar-refractivity contribution in [2.24, 2.45) is 23.2 Å². The summed E-state index contributed by atoms with van der Waals surface area (Å²) in [5, 5.41) is 2.31. The smallest absolute Gasteiger partial charge is 0.315 e. The van der Waals surface area contributed by atoms with E-state index in [1.807, 2.05) is 0 Å². The summed E-state index contributed by atoms with van der Waals surface area (Å²) in [5.41, 5.74) is 3.08. The minimum absolute atomic E-state index is 0.0452. The average molecular weight is 355 g/mol. The Morgan fingerprint density at radius 1 is 1.31 bits per heavy atom. The number of nitrogens with two attached hydrogens (primary N) is 1. The van der Waals surface area contributed by atoms with Crippen LogP contribution in [-0.4, -0.2) is 25.2 Å². The molecule has 3 nitrogen and oxygen atoms in total. The van der Waals surface area contributed by atoms with Crippen LogP contribution in [0.3, 0.4) is 0 Å². The molecule has 0 amide bonds. The molecular weight excluding hydrogens is 322 g/mol. The summed E-state index contributed by atoms with van der Waals surface area (Å²) >= 11 is 0. The predicted octanol–water partition coefficient (Wildman–Crippen LogP) is 3.11.